The molecule has 2 aromatic heterocycles. The molecule has 2 aromatic rings. The summed E-state index contributed by atoms with van der Waals surface area (Å²) in [5.74, 6) is 0.811. The number of aromatic amines is 1. The van der Waals surface area contributed by atoms with Crippen LogP contribution >= 0.6 is 0 Å². The SMILES string of the molecule is CC1COC(CCCCc2nc3c(c(=O)[nH]c(=O)n3C)n2C)CO1. The first-order chi connectivity index (χ1) is 11.5. The van der Waals surface area contributed by atoms with E-state index >= 15 is 0 Å². The highest BCUT2D eigenvalue weighted by atomic mass is 16.6. The van der Waals surface area contributed by atoms with Crippen LogP contribution in [0.2, 0.25) is 0 Å². The minimum Gasteiger partial charge on any atom is -0.373 e. The predicted octanol–water partition coefficient (Wildman–Crippen LogP) is 0.477. The van der Waals surface area contributed by atoms with Gasteiger partial charge in [0.1, 0.15) is 5.82 Å². The molecule has 1 aliphatic rings. The van der Waals surface area contributed by atoms with Crippen molar-refractivity contribution in [2.45, 2.75) is 44.8 Å². The van der Waals surface area contributed by atoms with E-state index in [9.17, 15) is 9.59 Å². The summed E-state index contributed by atoms with van der Waals surface area (Å²) in [5, 5.41) is 0. The van der Waals surface area contributed by atoms with Gasteiger partial charge in [0.05, 0.1) is 25.4 Å². The maximum atomic E-state index is 12.0. The first-order valence-corrected chi connectivity index (χ1v) is 8.35. The van der Waals surface area contributed by atoms with E-state index < -0.39 is 11.2 Å². The van der Waals surface area contributed by atoms with Crippen molar-refractivity contribution >= 4 is 11.2 Å². The molecule has 0 aliphatic carbocycles. The van der Waals surface area contributed by atoms with E-state index in [1.807, 2.05) is 14.0 Å². The van der Waals surface area contributed by atoms with Gasteiger partial charge in [0.25, 0.3) is 5.56 Å². The maximum absolute atomic E-state index is 12.0. The molecule has 2 unspecified atom stereocenters. The van der Waals surface area contributed by atoms with Gasteiger partial charge in [0.15, 0.2) is 11.2 Å². The van der Waals surface area contributed by atoms with Crippen molar-refractivity contribution in [2.24, 2.45) is 14.1 Å². The second-order valence-electron chi connectivity index (χ2n) is 6.42. The molecule has 0 radical (unpaired) electrons. The van der Waals surface area contributed by atoms with Gasteiger partial charge in [-0.05, 0) is 19.8 Å². The van der Waals surface area contributed by atoms with Gasteiger partial charge in [-0.25, -0.2) is 9.78 Å². The van der Waals surface area contributed by atoms with Crippen LogP contribution in [0.3, 0.4) is 0 Å². The number of nitrogens with one attached hydrogen (secondary N) is 1. The van der Waals surface area contributed by atoms with Crippen LogP contribution in [0.5, 0.6) is 0 Å². The minimum absolute atomic E-state index is 0.172. The Balaban J connectivity index is 1.63. The Morgan fingerprint density at radius 2 is 1.96 bits per heavy atom. The Morgan fingerprint density at radius 1 is 1.17 bits per heavy atom. The van der Waals surface area contributed by atoms with Crippen molar-refractivity contribution < 1.29 is 9.47 Å². The molecule has 8 nitrogen and oxygen atoms in total. The lowest BCUT2D eigenvalue weighted by molar-refractivity contribution is -0.128. The van der Waals surface area contributed by atoms with Crippen molar-refractivity contribution in [1.29, 1.82) is 0 Å². The van der Waals surface area contributed by atoms with Crippen LogP contribution in [0.25, 0.3) is 11.2 Å². The summed E-state index contributed by atoms with van der Waals surface area (Å²) in [5.41, 5.74) is 0.0291. The van der Waals surface area contributed by atoms with Crippen LogP contribution in [0, 0.1) is 0 Å². The van der Waals surface area contributed by atoms with Gasteiger partial charge in [-0.1, -0.05) is 6.42 Å². The number of H-pyrrole nitrogens is 1. The van der Waals surface area contributed by atoms with E-state index in [1.54, 1.807) is 11.6 Å². The van der Waals surface area contributed by atoms with Crippen LogP contribution in [0.15, 0.2) is 9.59 Å². The van der Waals surface area contributed by atoms with Crippen molar-refractivity contribution in [3.05, 3.63) is 26.7 Å². The molecule has 132 valence electrons. The normalized spacial score (nSPS) is 21.5. The second kappa shape index (κ2) is 6.90. The van der Waals surface area contributed by atoms with Crippen molar-refractivity contribution in [1.82, 2.24) is 19.1 Å². The van der Waals surface area contributed by atoms with Gasteiger partial charge in [-0.2, -0.15) is 0 Å². The Kier molecular flexibility index (Phi) is 4.86. The molecule has 3 rings (SSSR count). The van der Waals surface area contributed by atoms with Gasteiger partial charge in [0, 0.05) is 20.5 Å². The zero-order valence-corrected chi connectivity index (χ0v) is 14.4. The molecule has 1 saturated heterocycles. The smallest absolute Gasteiger partial charge is 0.329 e. The van der Waals surface area contributed by atoms with Crippen LogP contribution in [-0.4, -0.2) is 44.5 Å². The highest BCUT2D eigenvalue weighted by Crippen LogP contribution is 2.15. The molecule has 0 amide bonds. The molecular weight excluding hydrogens is 312 g/mol. The highest BCUT2D eigenvalue weighted by Gasteiger charge is 2.19. The molecule has 1 aliphatic heterocycles. The third kappa shape index (κ3) is 3.29. The summed E-state index contributed by atoms with van der Waals surface area (Å²) < 4.78 is 14.5. The standard InChI is InChI=1S/C16H24N4O4/c1-10-8-24-11(9-23-10)6-4-5-7-12-17-14-13(19(12)2)15(21)18-16(22)20(14)3/h10-11H,4-9H2,1-3H3,(H,18,21,22). The fourth-order valence-corrected chi connectivity index (χ4v) is 3.04. The Bertz CT molecular complexity index is 827. The van der Waals surface area contributed by atoms with E-state index in [4.69, 9.17) is 9.47 Å². The molecular formula is C16H24N4O4. The molecule has 1 fully saturated rings. The number of unbranched alkanes of at least 4 members (excludes halogenated alkanes) is 1. The summed E-state index contributed by atoms with van der Waals surface area (Å²) in [6.45, 7) is 3.33. The van der Waals surface area contributed by atoms with E-state index in [0.29, 0.717) is 24.4 Å². The summed E-state index contributed by atoms with van der Waals surface area (Å²) in [6, 6.07) is 0. The number of hydrogen-bond donors (Lipinski definition) is 1. The summed E-state index contributed by atoms with van der Waals surface area (Å²) in [4.78, 5) is 30.4. The number of imidazole rings is 1. The molecule has 2 atom stereocenters. The number of nitrogens with zero attached hydrogens (tertiary/aromatic N) is 3. The first kappa shape index (κ1) is 16.9. The number of aryl methyl sites for hydroxylation is 3. The minimum atomic E-state index is -0.444. The summed E-state index contributed by atoms with van der Waals surface area (Å²) in [6.07, 6.45) is 4.01. The highest BCUT2D eigenvalue weighted by molar-refractivity contribution is 5.70. The number of aromatic nitrogens is 4. The molecule has 8 heteroatoms. The zero-order valence-electron chi connectivity index (χ0n) is 14.4. The van der Waals surface area contributed by atoms with Crippen LogP contribution in [0.4, 0.5) is 0 Å². The van der Waals surface area contributed by atoms with Crippen LogP contribution in [0.1, 0.15) is 32.0 Å². The first-order valence-electron chi connectivity index (χ1n) is 8.35. The zero-order chi connectivity index (χ0) is 17.3. The Labute approximate surface area is 139 Å². The van der Waals surface area contributed by atoms with E-state index in [2.05, 4.69) is 9.97 Å². The average Bonchev–Trinajstić information content (AvgIpc) is 2.88. The number of rotatable bonds is 5. The van der Waals surface area contributed by atoms with E-state index in [-0.39, 0.29) is 12.2 Å². The largest absolute Gasteiger partial charge is 0.373 e. The number of fused-ring (bicyclic) bond motifs is 1. The molecule has 0 aromatic carbocycles. The molecule has 0 bridgehead atoms. The number of hydrogen-bond acceptors (Lipinski definition) is 5. The second-order valence-corrected chi connectivity index (χ2v) is 6.42. The van der Waals surface area contributed by atoms with E-state index in [1.165, 1.54) is 4.57 Å². The average molecular weight is 336 g/mol. The van der Waals surface area contributed by atoms with Gasteiger partial charge in [0.2, 0.25) is 0 Å². The van der Waals surface area contributed by atoms with Gasteiger partial charge >= 0.3 is 5.69 Å². The molecule has 0 saturated carbocycles. The monoisotopic (exact) mass is 336 g/mol. The third-order valence-corrected chi connectivity index (χ3v) is 4.54. The maximum Gasteiger partial charge on any atom is 0.329 e. The van der Waals surface area contributed by atoms with E-state index in [0.717, 1.165) is 31.5 Å². The lowest BCUT2D eigenvalue weighted by Gasteiger charge is -2.27. The Hall–Kier alpha value is -1.93. The predicted molar refractivity (Wildman–Crippen MR) is 89.3 cm³/mol. The van der Waals surface area contributed by atoms with Crippen molar-refractivity contribution in [3.8, 4) is 0 Å². The van der Waals surface area contributed by atoms with Gasteiger partial charge < -0.3 is 14.0 Å². The summed E-state index contributed by atoms with van der Waals surface area (Å²) in [7, 11) is 3.42. The summed E-state index contributed by atoms with van der Waals surface area (Å²) >= 11 is 0. The molecule has 0 spiro atoms. The molecule has 24 heavy (non-hydrogen) atoms. The van der Waals surface area contributed by atoms with Crippen molar-refractivity contribution in [3.63, 3.8) is 0 Å². The topological polar surface area (TPSA) is 91.1 Å². The Morgan fingerprint density at radius 3 is 2.67 bits per heavy atom. The van der Waals surface area contributed by atoms with Crippen LogP contribution in [-0.2, 0) is 30.0 Å². The lowest BCUT2D eigenvalue weighted by Crippen LogP contribution is -2.33. The van der Waals surface area contributed by atoms with Crippen molar-refractivity contribution in [2.75, 3.05) is 13.2 Å². The third-order valence-electron chi connectivity index (χ3n) is 4.54. The molecule has 1 N–H and O–H groups in total. The fraction of sp³-hybridized carbons (Fsp3) is 0.688. The lowest BCUT2D eigenvalue weighted by atomic mass is 10.1. The number of ether oxygens (including phenoxy) is 2. The molecule has 3 heterocycles. The van der Waals surface area contributed by atoms with Crippen LogP contribution < -0.4 is 11.2 Å². The van der Waals surface area contributed by atoms with Gasteiger partial charge in [-0.15, -0.1) is 0 Å². The quantitative estimate of drug-likeness (QED) is 0.802. The van der Waals surface area contributed by atoms with Gasteiger partial charge in [-0.3, -0.25) is 14.3 Å². The fourth-order valence-electron chi connectivity index (χ4n) is 3.04.